The minimum atomic E-state index is -0.416. The Hall–Kier alpha value is -0.610. The van der Waals surface area contributed by atoms with Gasteiger partial charge in [-0.3, -0.25) is 4.79 Å². The van der Waals surface area contributed by atoms with E-state index < -0.39 is 6.10 Å². The second-order valence-corrected chi connectivity index (χ2v) is 5.45. The van der Waals surface area contributed by atoms with Gasteiger partial charge in [0.1, 0.15) is 0 Å². The number of hydrogen-bond acceptors (Lipinski definition) is 3. The third-order valence-corrected chi connectivity index (χ3v) is 3.01. The highest BCUT2D eigenvalue weighted by molar-refractivity contribution is 5.75. The van der Waals surface area contributed by atoms with Gasteiger partial charge in [0.25, 0.3) is 0 Å². The number of aliphatic hydroxyl groups excluding tert-OH is 1. The first kappa shape index (κ1) is 16.4. The van der Waals surface area contributed by atoms with Crippen molar-refractivity contribution in [2.45, 2.75) is 59.0 Å². The fourth-order valence-electron chi connectivity index (χ4n) is 1.72. The van der Waals surface area contributed by atoms with Crippen LogP contribution >= 0.6 is 0 Å². The molecular formula is C13H28N2O2. The Balaban J connectivity index is 3.72. The Bertz CT molecular complexity index is 217. The SMILES string of the molecule is CCCC(O)CNC(=O)CCC(C)(C)CCN. The number of hydrogen-bond donors (Lipinski definition) is 3. The van der Waals surface area contributed by atoms with E-state index in [9.17, 15) is 9.90 Å². The maximum Gasteiger partial charge on any atom is 0.220 e. The highest BCUT2D eigenvalue weighted by atomic mass is 16.3. The first-order valence-corrected chi connectivity index (χ1v) is 6.56. The molecule has 0 rings (SSSR count). The number of amides is 1. The van der Waals surface area contributed by atoms with Crippen molar-refractivity contribution < 1.29 is 9.90 Å². The Labute approximate surface area is 105 Å². The van der Waals surface area contributed by atoms with Gasteiger partial charge in [-0.15, -0.1) is 0 Å². The number of carbonyl (C=O) groups is 1. The molecule has 0 aliphatic rings. The molecule has 0 fully saturated rings. The maximum atomic E-state index is 11.5. The molecule has 17 heavy (non-hydrogen) atoms. The Kier molecular flexibility index (Phi) is 8.17. The van der Waals surface area contributed by atoms with Crippen molar-refractivity contribution in [3.8, 4) is 0 Å². The summed E-state index contributed by atoms with van der Waals surface area (Å²) in [4.78, 5) is 11.5. The van der Waals surface area contributed by atoms with E-state index in [4.69, 9.17) is 5.73 Å². The van der Waals surface area contributed by atoms with Gasteiger partial charge in [0, 0.05) is 13.0 Å². The molecule has 0 saturated heterocycles. The normalized spacial score (nSPS) is 13.5. The van der Waals surface area contributed by atoms with Crippen LogP contribution in [0.3, 0.4) is 0 Å². The van der Waals surface area contributed by atoms with Crippen LogP contribution in [0.25, 0.3) is 0 Å². The van der Waals surface area contributed by atoms with Crippen molar-refractivity contribution in [1.29, 1.82) is 0 Å². The average Bonchev–Trinajstić information content (AvgIpc) is 2.24. The molecule has 0 aliphatic heterocycles. The molecule has 102 valence electrons. The van der Waals surface area contributed by atoms with Gasteiger partial charge >= 0.3 is 0 Å². The minimum Gasteiger partial charge on any atom is -0.391 e. The molecule has 4 nitrogen and oxygen atoms in total. The second kappa shape index (κ2) is 8.48. The third kappa shape index (κ3) is 9.12. The molecular weight excluding hydrogens is 216 g/mol. The van der Waals surface area contributed by atoms with E-state index in [1.54, 1.807) is 0 Å². The molecule has 0 heterocycles. The lowest BCUT2D eigenvalue weighted by Gasteiger charge is -2.23. The lowest BCUT2D eigenvalue weighted by atomic mass is 9.84. The summed E-state index contributed by atoms with van der Waals surface area (Å²) in [5.41, 5.74) is 5.64. The van der Waals surface area contributed by atoms with Gasteiger partial charge in [-0.05, 0) is 31.2 Å². The van der Waals surface area contributed by atoms with Crippen LogP contribution in [0.5, 0.6) is 0 Å². The summed E-state index contributed by atoms with van der Waals surface area (Å²) >= 11 is 0. The molecule has 0 saturated carbocycles. The Morgan fingerprint density at radius 1 is 1.41 bits per heavy atom. The second-order valence-electron chi connectivity index (χ2n) is 5.45. The predicted octanol–water partition coefficient (Wildman–Crippen LogP) is 1.42. The summed E-state index contributed by atoms with van der Waals surface area (Å²) in [7, 11) is 0. The molecule has 0 bridgehead atoms. The van der Waals surface area contributed by atoms with E-state index in [1.165, 1.54) is 0 Å². The Morgan fingerprint density at radius 2 is 2.06 bits per heavy atom. The van der Waals surface area contributed by atoms with E-state index in [2.05, 4.69) is 19.2 Å². The first-order chi connectivity index (χ1) is 7.91. The summed E-state index contributed by atoms with van der Waals surface area (Å²) in [5.74, 6) is 0.0187. The number of carbonyl (C=O) groups excluding carboxylic acids is 1. The maximum absolute atomic E-state index is 11.5. The molecule has 4 N–H and O–H groups in total. The summed E-state index contributed by atoms with van der Waals surface area (Å²) in [5, 5.41) is 12.2. The minimum absolute atomic E-state index is 0.0187. The summed E-state index contributed by atoms with van der Waals surface area (Å²) < 4.78 is 0. The molecule has 0 radical (unpaired) electrons. The van der Waals surface area contributed by atoms with Crippen LogP contribution in [-0.2, 0) is 4.79 Å². The number of rotatable bonds is 9. The molecule has 4 heteroatoms. The molecule has 1 atom stereocenters. The van der Waals surface area contributed by atoms with Gasteiger partial charge < -0.3 is 16.2 Å². The zero-order chi connectivity index (χ0) is 13.3. The van der Waals surface area contributed by atoms with Gasteiger partial charge in [0.2, 0.25) is 5.91 Å². The van der Waals surface area contributed by atoms with Crippen molar-refractivity contribution in [3.63, 3.8) is 0 Å². The van der Waals surface area contributed by atoms with E-state index >= 15 is 0 Å². The van der Waals surface area contributed by atoms with Gasteiger partial charge in [0.05, 0.1) is 6.10 Å². The zero-order valence-corrected chi connectivity index (χ0v) is 11.5. The van der Waals surface area contributed by atoms with Crippen LogP contribution in [0, 0.1) is 5.41 Å². The first-order valence-electron chi connectivity index (χ1n) is 6.56. The molecule has 0 aliphatic carbocycles. The van der Waals surface area contributed by atoms with E-state index in [0.717, 1.165) is 25.7 Å². The lowest BCUT2D eigenvalue weighted by molar-refractivity contribution is -0.122. The van der Waals surface area contributed by atoms with Crippen LogP contribution in [-0.4, -0.2) is 30.2 Å². The van der Waals surface area contributed by atoms with Crippen LogP contribution in [0.15, 0.2) is 0 Å². The highest BCUT2D eigenvalue weighted by Gasteiger charge is 2.18. The van der Waals surface area contributed by atoms with Gasteiger partial charge in [-0.25, -0.2) is 0 Å². The lowest BCUT2D eigenvalue weighted by Crippen LogP contribution is -2.32. The van der Waals surface area contributed by atoms with E-state index in [1.807, 2.05) is 6.92 Å². The molecule has 0 aromatic rings. The molecule has 1 unspecified atom stereocenters. The van der Waals surface area contributed by atoms with Crippen LogP contribution in [0.1, 0.15) is 52.9 Å². The van der Waals surface area contributed by atoms with Crippen LogP contribution in [0.2, 0.25) is 0 Å². The van der Waals surface area contributed by atoms with Crippen molar-refractivity contribution >= 4 is 5.91 Å². The summed E-state index contributed by atoms with van der Waals surface area (Å²) in [6.45, 7) is 7.28. The summed E-state index contributed by atoms with van der Waals surface area (Å²) in [6, 6.07) is 0. The fourth-order valence-corrected chi connectivity index (χ4v) is 1.72. The van der Waals surface area contributed by atoms with Crippen LogP contribution < -0.4 is 11.1 Å². The van der Waals surface area contributed by atoms with E-state index in [0.29, 0.717) is 19.5 Å². The number of aliphatic hydroxyl groups is 1. The van der Waals surface area contributed by atoms with Gasteiger partial charge in [0.15, 0.2) is 0 Å². The van der Waals surface area contributed by atoms with Gasteiger partial charge in [-0.1, -0.05) is 27.2 Å². The summed E-state index contributed by atoms with van der Waals surface area (Å²) in [6.07, 6.45) is 3.52. The predicted molar refractivity (Wildman–Crippen MR) is 70.6 cm³/mol. The smallest absolute Gasteiger partial charge is 0.220 e. The van der Waals surface area contributed by atoms with E-state index in [-0.39, 0.29) is 11.3 Å². The largest absolute Gasteiger partial charge is 0.391 e. The molecule has 0 aromatic carbocycles. The quantitative estimate of drug-likeness (QED) is 0.574. The number of nitrogens with one attached hydrogen (secondary N) is 1. The molecule has 0 spiro atoms. The van der Waals surface area contributed by atoms with Crippen molar-refractivity contribution in [2.75, 3.05) is 13.1 Å². The highest BCUT2D eigenvalue weighted by Crippen LogP contribution is 2.25. The van der Waals surface area contributed by atoms with Crippen LogP contribution in [0.4, 0.5) is 0 Å². The topological polar surface area (TPSA) is 75.3 Å². The average molecular weight is 244 g/mol. The monoisotopic (exact) mass is 244 g/mol. The van der Waals surface area contributed by atoms with Crippen molar-refractivity contribution in [2.24, 2.45) is 11.1 Å². The Morgan fingerprint density at radius 3 is 2.59 bits per heavy atom. The standard InChI is InChI=1S/C13H28N2O2/c1-4-5-11(16)10-15-12(17)6-7-13(2,3)8-9-14/h11,16H,4-10,14H2,1-3H3,(H,15,17). The molecule has 0 aromatic heterocycles. The molecule has 1 amide bonds. The van der Waals surface area contributed by atoms with Gasteiger partial charge in [-0.2, -0.15) is 0 Å². The zero-order valence-electron chi connectivity index (χ0n) is 11.5. The van der Waals surface area contributed by atoms with Crippen molar-refractivity contribution in [1.82, 2.24) is 5.32 Å². The van der Waals surface area contributed by atoms with Crippen molar-refractivity contribution in [3.05, 3.63) is 0 Å². The number of nitrogens with two attached hydrogens (primary N) is 1. The fraction of sp³-hybridized carbons (Fsp3) is 0.923. The third-order valence-electron chi connectivity index (χ3n) is 3.01.